The van der Waals surface area contributed by atoms with Gasteiger partial charge in [0, 0.05) is 19.1 Å². The summed E-state index contributed by atoms with van der Waals surface area (Å²) in [5.74, 6) is 0.554. The normalized spacial score (nSPS) is 13.4. The maximum absolute atomic E-state index is 6.54. The van der Waals surface area contributed by atoms with E-state index in [9.17, 15) is 0 Å². The molecule has 0 saturated carbocycles. The minimum absolute atomic E-state index is 0.0462. The summed E-state index contributed by atoms with van der Waals surface area (Å²) in [7, 11) is -2.28. The van der Waals surface area contributed by atoms with Crippen molar-refractivity contribution in [2.24, 2.45) is 0 Å². The number of alkyl halides is 2. The largest absolute Gasteiger partial charge is 0.394 e. The van der Waals surface area contributed by atoms with E-state index in [-0.39, 0.29) is 5.00 Å². The Kier molecular flexibility index (Phi) is 8.15. The number of hydrogen-bond acceptors (Lipinski definition) is 2. The molecule has 0 heterocycles. The van der Waals surface area contributed by atoms with E-state index in [1.165, 1.54) is 5.56 Å². The fourth-order valence-corrected chi connectivity index (χ4v) is 5.07. The van der Waals surface area contributed by atoms with Crippen molar-refractivity contribution in [3.05, 3.63) is 35.4 Å². The first-order valence-corrected chi connectivity index (χ1v) is 10.5. The molecule has 0 spiro atoms. The Hall–Kier alpha value is -0.0631. The number of hydrogen-bond donors (Lipinski definition) is 0. The molecule has 1 aromatic rings. The first kappa shape index (κ1) is 18.0. The van der Waals surface area contributed by atoms with E-state index in [4.69, 9.17) is 32.1 Å². The zero-order valence-corrected chi connectivity index (χ0v) is 15.0. The average molecular weight is 335 g/mol. The molecule has 5 heteroatoms. The van der Waals surface area contributed by atoms with Gasteiger partial charge in [-0.15, -0.1) is 23.2 Å². The van der Waals surface area contributed by atoms with Crippen molar-refractivity contribution in [1.29, 1.82) is 0 Å². The van der Waals surface area contributed by atoms with Crippen LogP contribution in [0.1, 0.15) is 31.4 Å². The molecule has 0 fully saturated rings. The zero-order valence-electron chi connectivity index (χ0n) is 12.5. The lowest BCUT2D eigenvalue weighted by molar-refractivity contribution is 0.186. The molecule has 0 aliphatic rings. The topological polar surface area (TPSA) is 18.5 Å². The van der Waals surface area contributed by atoms with E-state index in [1.54, 1.807) is 0 Å². The highest BCUT2D eigenvalue weighted by Crippen LogP contribution is 2.23. The van der Waals surface area contributed by atoms with Crippen molar-refractivity contribution in [2.75, 3.05) is 13.2 Å². The Labute approximate surface area is 133 Å². The molecule has 20 heavy (non-hydrogen) atoms. The van der Waals surface area contributed by atoms with Gasteiger partial charge in [-0.2, -0.15) is 0 Å². The summed E-state index contributed by atoms with van der Waals surface area (Å²) in [6, 6.07) is 8.35. The van der Waals surface area contributed by atoms with Crippen LogP contribution in [0.4, 0.5) is 0 Å². The smallest absolute Gasteiger partial charge is 0.353 e. The molecule has 0 bridgehead atoms. The highest BCUT2D eigenvalue weighted by atomic mass is 35.5. The summed E-state index contributed by atoms with van der Waals surface area (Å²) in [5.41, 5.74) is 2.41. The fourth-order valence-electron chi connectivity index (χ4n) is 2.15. The molecule has 0 aliphatic carbocycles. The standard InChI is InChI=1S/C15H24Cl2O2Si/c1-4-18-20(3,19-5-2)15(17)11-10-13-6-8-14(12-16)9-7-13/h6-9,15H,4-5,10-12H2,1-3H3. The summed E-state index contributed by atoms with van der Waals surface area (Å²) < 4.78 is 11.6. The number of benzene rings is 1. The summed E-state index contributed by atoms with van der Waals surface area (Å²) in [6.45, 7) is 7.32. The second kappa shape index (κ2) is 9.06. The second-order valence-electron chi connectivity index (χ2n) is 4.84. The van der Waals surface area contributed by atoms with E-state index < -0.39 is 8.56 Å². The van der Waals surface area contributed by atoms with Crippen LogP contribution in [0.2, 0.25) is 6.55 Å². The average Bonchev–Trinajstić information content (AvgIpc) is 2.45. The minimum atomic E-state index is -2.28. The molecule has 0 aliphatic heterocycles. The van der Waals surface area contributed by atoms with Crippen LogP contribution in [0.25, 0.3) is 0 Å². The summed E-state index contributed by atoms with van der Waals surface area (Å²) in [4.78, 5) is 0. The van der Waals surface area contributed by atoms with Crippen LogP contribution in [0.5, 0.6) is 0 Å². The van der Waals surface area contributed by atoms with E-state index in [1.807, 2.05) is 20.4 Å². The van der Waals surface area contributed by atoms with Crippen LogP contribution in [0.15, 0.2) is 24.3 Å². The Morgan fingerprint density at radius 3 is 2.00 bits per heavy atom. The Morgan fingerprint density at radius 1 is 1.05 bits per heavy atom. The van der Waals surface area contributed by atoms with Gasteiger partial charge in [-0.3, -0.25) is 0 Å². The monoisotopic (exact) mass is 334 g/mol. The predicted octanol–water partition coefficient (Wildman–Crippen LogP) is 4.65. The molecule has 1 rings (SSSR count). The van der Waals surface area contributed by atoms with Gasteiger partial charge >= 0.3 is 8.56 Å². The molecule has 0 radical (unpaired) electrons. The van der Waals surface area contributed by atoms with Gasteiger partial charge in [0.1, 0.15) is 0 Å². The van der Waals surface area contributed by atoms with Gasteiger partial charge in [0.25, 0.3) is 0 Å². The van der Waals surface area contributed by atoms with Crippen LogP contribution in [-0.2, 0) is 21.2 Å². The molecule has 1 aromatic carbocycles. The summed E-state index contributed by atoms with van der Waals surface area (Å²) in [5, 5.41) is -0.0462. The highest BCUT2D eigenvalue weighted by molar-refractivity contribution is 6.75. The van der Waals surface area contributed by atoms with Crippen LogP contribution in [0, 0.1) is 0 Å². The maximum atomic E-state index is 6.54. The van der Waals surface area contributed by atoms with Gasteiger partial charge in [0.2, 0.25) is 0 Å². The number of aryl methyl sites for hydroxylation is 1. The molecule has 0 amide bonds. The highest BCUT2D eigenvalue weighted by Gasteiger charge is 2.39. The van der Waals surface area contributed by atoms with Crippen molar-refractivity contribution in [2.45, 2.75) is 44.1 Å². The Morgan fingerprint density at radius 2 is 1.55 bits per heavy atom. The molecule has 114 valence electrons. The van der Waals surface area contributed by atoms with Crippen LogP contribution in [0.3, 0.4) is 0 Å². The SMILES string of the molecule is CCO[Si](C)(OCC)C(Cl)CCc1ccc(CCl)cc1. The molecule has 0 N–H and O–H groups in total. The number of rotatable bonds is 9. The third-order valence-electron chi connectivity index (χ3n) is 3.29. The molecular weight excluding hydrogens is 311 g/mol. The lowest BCUT2D eigenvalue weighted by Gasteiger charge is -2.30. The van der Waals surface area contributed by atoms with Gasteiger partial charge < -0.3 is 8.85 Å². The fraction of sp³-hybridized carbons (Fsp3) is 0.600. The summed E-state index contributed by atoms with van der Waals surface area (Å²) in [6.07, 6.45) is 1.80. The van der Waals surface area contributed by atoms with Crippen molar-refractivity contribution < 1.29 is 8.85 Å². The van der Waals surface area contributed by atoms with Crippen molar-refractivity contribution in [3.63, 3.8) is 0 Å². The van der Waals surface area contributed by atoms with Crippen molar-refractivity contribution in [1.82, 2.24) is 0 Å². The molecule has 2 nitrogen and oxygen atoms in total. The van der Waals surface area contributed by atoms with Crippen LogP contribution < -0.4 is 0 Å². The second-order valence-corrected chi connectivity index (χ2v) is 9.30. The van der Waals surface area contributed by atoms with E-state index >= 15 is 0 Å². The summed E-state index contributed by atoms with van der Waals surface area (Å²) >= 11 is 12.3. The van der Waals surface area contributed by atoms with Gasteiger partial charge in [0.15, 0.2) is 0 Å². The minimum Gasteiger partial charge on any atom is -0.394 e. The van der Waals surface area contributed by atoms with Crippen LogP contribution >= 0.6 is 23.2 Å². The van der Waals surface area contributed by atoms with Crippen LogP contribution in [-0.4, -0.2) is 26.8 Å². The third kappa shape index (κ3) is 5.38. The Bertz CT molecular complexity index is 378. The molecule has 0 saturated heterocycles. The zero-order chi connectivity index (χ0) is 15.0. The van der Waals surface area contributed by atoms with Gasteiger partial charge in [0.05, 0.1) is 5.00 Å². The lowest BCUT2D eigenvalue weighted by Crippen LogP contribution is -2.48. The van der Waals surface area contributed by atoms with Gasteiger partial charge in [-0.25, -0.2) is 0 Å². The third-order valence-corrected chi connectivity index (χ3v) is 8.16. The van der Waals surface area contributed by atoms with Crippen molar-refractivity contribution >= 4 is 31.8 Å². The quantitative estimate of drug-likeness (QED) is 0.483. The van der Waals surface area contributed by atoms with Gasteiger partial charge in [-0.1, -0.05) is 24.3 Å². The first-order chi connectivity index (χ1) is 9.55. The number of halogens is 2. The molecule has 0 aromatic heterocycles. The predicted molar refractivity (Wildman–Crippen MR) is 88.8 cm³/mol. The first-order valence-electron chi connectivity index (χ1n) is 7.11. The Balaban J connectivity index is 2.57. The van der Waals surface area contributed by atoms with E-state index in [0.29, 0.717) is 19.1 Å². The van der Waals surface area contributed by atoms with E-state index in [2.05, 4.69) is 24.3 Å². The lowest BCUT2D eigenvalue weighted by atomic mass is 10.1. The van der Waals surface area contributed by atoms with E-state index in [0.717, 1.165) is 18.4 Å². The van der Waals surface area contributed by atoms with Crippen molar-refractivity contribution in [3.8, 4) is 0 Å². The molecular formula is C15H24Cl2O2Si. The maximum Gasteiger partial charge on any atom is 0.353 e. The molecule has 1 atom stereocenters. The van der Waals surface area contributed by atoms with Gasteiger partial charge in [-0.05, 0) is 44.4 Å². The molecule has 1 unspecified atom stereocenters.